The van der Waals surface area contributed by atoms with E-state index in [1.54, 1.807) is 24.3 Å². The topological polar surface area (TPSA) is 83.8 Å². The van der Waals surface area contributed by atoms with Crippen molar-refractivity contribution in [3.63, 3.8) is 0 Å². The van der Waals surface area contributed by atoms with Gasteiger partial charge in [0.2, 0.25) is 0 Å². The molecule has 0 saturated carbocycles. The Morgan fingerprint density at radius 2 is 1.96 bits per heavy atom. The first-order chi connectivity index (χ1) is 11.0. The molecule has 1 aliphatic heterocycles. The minimum atomic E-state index is -0.778. The fourth-order valence-electron chi connectivity index (χ4n) is 2.39. The molecule has 1 aromatic rings. The number of aliphatic hydroxyl groups excluding tert-OH is 1. The number of hydrogen-bond donors (Lipinski definition) is 2. The van der Waals surface area contributed by atoms with Crippen molar-refractivity contribution in [1.82, 2.24) is 0 Å². The number of aliphatic hydroxyl groups is 1. The lowest BCUT2D eigenvalue weighted by molar-refractivity contribution is -0.116. The largest absolute Gasteiger partial charge is 0.507 e. The van der Waals surface area contributed by atoms with Gasteiger partial charge in [-0.05, 0) is 43.0 Å². The summed E-state index contributed by atoms with van der Waals surface area (Å²) in [6.07, 6.45) is 6.28. The van der Waals surface area contributed by atoms with Gasteiger partial charge < -0.3 is 14.9 Å². The third-order valence-electron chi connectivity index (χ3n) is 3.46. The van der Waals surface area contributed by atoms with E-state index in [-0.39, 0.29) is 36.5 Å². The van der Waals surface area contributed by atoms with Gasteiger partial charge in [-0.25, -0.2) is 4.79 Å². The number of aromatic hydroxyl groups is 1. The summed E-state index contributed by atoms with van der Waals surface area (Å²) in [6, 6.07) is 3.26. The number of esters is 1. The molecule has 0 bridgehead atoms. The smallest absolute Gasteiger partial charge is 0.342 e. The van der Waals surface area contributed by atoms with Gasteiger partial charge >= 0.3 is 5.97 Å². The molecule has 0 radical (unpaired) electrons. The summed E-state index contributed by atoms with van der Waals surface area (Å²) in [7, 11) is 0. The number of allylic oxidation sites excluding steroid dienone is 1. The number of benzene rings is 1. The van der Waals surface area contributed by atoms with E-state index in [1.807, 2.05) is 6.92 Å². The molecule has 1 atom stereocenters. The lowest BCUT2D eigenvalue weighted by Crippen LogP contribution is -2.12. The number of carbonyl (C=O) groups is 2. The first kappa shape index (κ1) is 17.0. The van der Waals surface area contributed by atoms with Gasteiger partial charge in [0.15, 0.2) is 5.78 Å². The van der Waals surface area contributed by atoms with Crippen LogP contribution in [0.15, 0.2) is 30.4 Å². The number of ether oxygens (including phenoxy) is 1. The van der Waals surface area contributed by atoms with E-state index >= 15 is 0 Å². The summed E-state index contributed by atoms with van der Waals surface area (Å²) in [5, 5.41) is 19.9. The molecule has 0 fully saturated rings. The highest BCUT2D eigenvalue weighted by Crippen LogP contribution is 2.26. The molecule has 23 heavy (non-hydrogen) atoms. The van der Waals surface area contributed by atoms with Crippen LogP contribution in [0, 0.1) is 6.92 Å². The van der Waals surface area contributed by atoms with Crippen molar-refractivity contribution in [1.29, 1.82) is 0 Å². The van der Waals surface area contributed by atoms with Crippen LogP contribution in [0.5, 0.6) is 5.75 Å². The molecule has 2 rings (SSSR count). The zero-order chi connectivity index (χ0) is 16.8. The van der Waals surface area contributed by atoms with Crippen LogP contribution in [0.3, 0.4) is 0 Å². The number of aryl methyl sites for hydroxylation is 1. The summed E-state index contributed by atoms with van der Waals surface area (Å²) in [5.41, 5.74) is 1.44. The summed E-state index contributed by atoms with van der Waals surface area (Å²) < 4.78 is 5.15. The first-order valence-corrected chi connectivity index (χ1v) is 7.52. The fourth-order valence-corrected chi connectivity index (χ4v) is 2.39. The predicted octanol–water partition coefficient (Wildman–Crippen LogP) is 2.54. The Kier molecular flexibility index (Phi) is 5.71. The van der Waals surface area contributed by atoms with Gasteiger partial charge in [-0.3, -0.25) is 4.79 Å². The maximum Gasteiger partial charge on any atom is 0.342 e. The van der Waals surface area contributed by atoms with E-state index in [4.69, 9.17) is 4.74 Å². The van der Waals surface area contributed by atoms with E-state index in [0.29, 0.717) is 12.0 Å². The second-order valence-corrected chi connectivity index (χ2v) is 5.54. The third-order valence-corrected chi connectivity index (χ3v) is 3.46. The lowest BCUT2D eigenvalue weighted by Gasteiger charge is -2.11. The minimum Gasteiger partial charge on any atom is -0.507 e. The van der Waals surface area contributed by atoms with Crippen molar-refractivity contribution in [3.05, 3.63) is 47.1 Å². The standard InChI is InChI=1S/C18H20O5/c1-12-9-13-5-4-7-15(20)11-14(19)6-2-3-8-23-18(22)17(13)16(21)10-12/h2,4-6,9-10,15,20-21H,3,7-8,11H2,1H3/b5-4+,6-2-/t15-/m0/s1. The summed E-state index contributed by atoms with van der Waals surface area (Å²) in [5.74, 6) is -0.907. The highest BCUT2D eigenvalue weighted by atomic mass is 16.5. The van der Waals surface area contributed by atoms with Crippen molar-refractivity contribution >= 4 is 17.8 Å². The van der Waals surface area contributed by atoms with Crippen LogP contribution < -0.4 is 0 Å². The second kappa shape index (κ2) is 7.74. The number of rotatable bonds is 0. The monoisotopic (exact) mass is 316 g/mol. The molecule has 0 spiro atoms. The Bertz CT molecular complexity index is 658. The van der Waals surface area contributed by atoms with Gasteiger partial charge in [0, 0.05) is 6.42 Å². The maximum atomic E-state index is 12.2. The number of fused-ring (bicyclic) bond motifs is 1. The molecule has 2 N–H and O–H groups in total. The normalized spacial score (nSPS) is 22.6. The van der Waals surface area contributed by atoms with E-state index < -0.39 is 12.1 Å². The van der Waals surface area contributed by atoms with Crippen LogP contribution in [0.25, 0.3) is 6.08 Å². The summed E-state index contributed by atoms with van der Waals surface area (Å²) >= 11 is 0. The van der Waals surface area contributed by atoms with Gasteiger partial charge in [-0.2, -0.15) is 0 Å². The quantitative estimate of drug-likeness (QED) is 0.719. The summed E-state index contributed by atoms with van der Waals surface area (Å²) in [6.45, 7) is 1.92. The molecule has 0 unspecified atom stereocenters. The van der Waals surface area contributed by atoms with Crippen LogP contribution in [0.2, 0.25) is 0 Å². The van der Waals surface area contributed by atoms with Crippen molar-refractivity contribution in [2.75, 3.05) is 6.61 Å². The zero-order valence-electron chi connectivity index (χ0n) is 13.0. The lowest BCUT2D eigenvalue weighted by atomic mass is 10.0. The van der Waals surface area contributed by atoms with Crippen LogP contribution in [-0.4, -0.2) is 34.7 Å². The molecular formula is C18H20O5. The van der Waals surface area contributed by atoms with Gasteiger partial charge in [0.05, 0.1) is 12.7 Å². The third kappa shape index (κ3) is 4.79. The molecule has 0 aromatic heterocycles. The fraction of sp³-hybridized carbons (Fsp3) is 0.333. The minimum absolute atomic E-state index is 0.0482. The molecule has 1 heterocycles. The molecule has 5 heteroatoms. The van der Waals surface area contributed by atoms with Crippen molar-refractivity contribution in [2.24, 2.45) is 0 Å². The number of phenolic OH excluding ortho intramolecular Hbond substituents is 1. The molecular weight excluding hydrogens is 296 g/mol. The highest BCUT2D eigenvalue weighted by molar-refractivity contribution is 5.96. The Labute approximate surface area is 134 Å². The average molecular weight is 316 g/mol. The molecule has 1 aliphatic rings. The number of cyclic esters (lactones) is 1. The van der Waals surface area contributed by atoms with E-state index in [9.17, 15) is 19.8 Å². The highest BCUT2D eigenvalue weighted by Gasteiger charge is 2.17. The predicted molar refractivity (Wildman–Crippen MR) is 86.2 cm³/mol. The van der Waals surface area contributed by atoms with Crippen LogP contribution >= 0.6 is 0 Å². The van der Waals surface area contributed by atoms with Crippen molar-refractivity contribution in [3.8, 4) is 5.75 Å². The van der Waals surface area contributed by atoms with Crippen LogP contribution in [0.1, 0.15) is 40.7 Å². The molecule has 122 valence electrons. The van der Waals surface area contributed by atoms with Gasteiger partial charge in [-0.15, -0.1) is 0 Å². The molecule has 0 aliphatic carbocycles. The Balaban J connectivity index is 2.34. The van der Waals surface area contributed by atoms with E-state index in [1.165, 1.54) is 12.1 Å². The Hall–Kier alpha value is -2.40. The first-order valence-electron chi connectivity index (χ1n) is 7.52. The molecule has 0 amide bonds. The zero-order valence-corrected chi connectivity index (χ0v) is 13.0. The van der Waals surface area contributed by atoms with Crippen molar-refractivity contribution in [2.45, 2.75) is 32.3 Å². The van der Waals surface area contributed by atoms with Crippen LogP contribution in [0.4, 0.5) is 0 Å². The Morgan fingerprint density at radius 1 is 1.17 bits per heavy atom. The number of hydrogen-bond acceptors (Lipinski definition) is 5. The SMILES string of the molecule is Cc1cc(O)c2c(c1)/C=C/C[C@H](O)CC(=O)/C=C\CCOC2=O. The maximum absolute atomic E-state index is 12.2. The molecule has 5 nitrogen and oxygen atoms in total. The number of phenols is 1. The van der Waals surface area contributed by atoms with Crippen LogP contribution in [-0.2, 0) is 9.53 Å². The average Bonchev–Trinajstić information content (AvgIpc) is 2.45. The number of carbonyl (C=O) groups excluding carboxylic acids is 2. The molecule has 0 saturated heterocycles. The summed E-state index contributed by atoms with van der Waals surface area (Å²) in [4.78, 5) is 23.8. The van der Waals surface area contributed by atoms with Gasteiger partial charge in [-0.1, -0.05) is 24.3 Å². The van der Waals surface area contributed by atoms with Crippen molar-refractivity contribution < 1.29 is 24.5 Å². The van der Waals surface area contributed by atoms with Gasteiger partial charge in [0.25, 0.3) is 0 Å². The number of ketones is 1. The van der Waals surface area contributed by atoms with Gasteiger partial charge in [0.1, 0.15) is 11.3 Å². The Morgan fingerprint density at radius 3 is 2.74 bits per heavy atom. The molecule has 1 aromatic carbocycles. The van der Waals surface area contributed by atoms with E-state index in [2.05, 4.69) is 0 Å². The van der Waals surface area contributed by atoms with E-state index in [0.717, 1.165) is 5.56 Å². The second-order valence-electron chi connectivity index (χ2n) is 5.54.